The van der Waals surface area contributed by atoms with E-state index in [-0.39, 0.29) is 17.1 Å². The summed E-state index contributed by atoms with van der Waals surface area (Å²) in [6, 6.07) is 5.86. The fraction of sp³-hybridized carbons (Fsp3) is 0.364. The molecule has 0 heterocycles. The summed E-state index contributed by atoms with van der Waals surface area (Å²) in [4.78, 5) is 11.1. The molecule has 1 atom stereocenters. The molecule has 0 aliphatic rings. The molecular weight excluding hydrogens is 276 g/mol. The summed E-state index contributed by atoms with van der Waals surface area (Å²) >= 11 is 0. The van der Waals surface area contributed by atoms with Gasteiger partial charge in [0.05, 0.1) is 22.1 Å². The van der Waals surface area contributed by atoms with Crippen LogP contribution in [0.25, 0.3) is 0 Å². The molecule has 1 N–H and O–H groups in total. The average Bonchev–Trinajstić information content (AvgIpc) is 2.27. The maximum absolute atomic E-state index is 11.8. The van der Waals surface area contributed by atoms with E-state index in [9.17, 15) is 17.4 Å². The standard InChI is InChI=1S/C11H14O5S2/c1-18(15,16)7-3-6-17(14)10-5-2-4-9(8-10)11(12)13/h2,4-5,8H,3,6-7H2,1H3,(H,12,13). The van der Waals surface area contributed by atoms with Gasteiger partial charge in [0.1, 0.15) is 9.84 Å². The highest BCUT2D eigenvalue weighted by Crippen LogP contribution is 2.11. The molecule has 7 heteroatoms. The summed E-state index contributed by atoms with van der Waals surface area (Å²) in [6.45, 7) is 0. The van der Waals surface area contributed by atoms with Crippen LogP contribution in [0.2, 0.25) is 0 Å². The van der Waals surface area contributed by atoms with Gasteiger partial charge in [-0.05, 0) is 24.6 Å². The lowest BCUT2D eigenvalue weighted by Crippen LogP contribution is -2.08. The van der Waals surface area contributed by atoms with Gasteiger partial charge in [0, 0.05) is 16.9 Å². The Hall–Kier alpha value is -1.21. The molecule has 100 valence electrons. The van der Waals surface area contributed by atoms with E-state index < -0.39 is 26.6 Å². The summed E-state index contributed by atoms with van der Waals surface area (Å²) in [5, 5.41) is 8.80. The molecule has 0 bridgehead atoms. The normalized spacial score (nSPS) is 13.2. The molecule has 1 aromatic rings. The Kier molecular flexibility index (Phi) is 5.03. The van der Waals surface area contributed by atoms with E-state index in [0.29, 0.717) is 11.3 Å². The van der Waals surface area contributed by atoms with Gasteiger partial charge < -0.3 is 5.11 Å². The number of hydrogen-bond acceptors (Lipinski definition) is 4. The Balaban J connectivity index is 2.67. The second-order valence-corrected chi connectivity index (χ2v) is 7.70. The van der Waals surface area contributed by atoms with Crippen LogP contribution in [0.15, 0.2) is 29.2 Å². The predicted octanol–water partition coefficient (Wildman–Crippen LogP) is 0.927. The minimum Gasteiger partial charge on any atom is -0.478 e. The van der Waals surface area contributed by atoms with Crippen molar-refractivity contribution in [1.82, 2.24) is 0 Å². The van der Waals surface area contributed by atoms with Gasteiger partial charge in [0.15, 0.2) is 0 Å². The van der Waals surface area contributed by atoms with Crippen molar-refractivity contribution in [2.75, 3.05) is 17.8 Å². The summed E-state index contributed by atoms with van der Waals surface area (Å²) in [6.07, 6.45) is 1.42. The predicted molar refractivity (Wildman–Crippen MR) is 69.0 cm³/mol. The average molecular weight is 290 g/mol. The van der Waals surface area contributed by atoms with Crippen LogP contribution in [-0.2, 0) is 20.6 Å². The summed E-state index contributed by atoms with van der Waals surface area (Å²) in [5.41, 5.74) is 0.0731. The van der Waals surface area contributed by atoms with Crippen molar-refractivity contribution in [2.24, 2.45) is 0 Å². The Bertz CT molecular complexity index is 563. The monoisotopic (exact) mass is 290 g/mol. The van der Waals surface area contributed by atoms with Crippen molar-refractivity contribution in [2.45, 2.75) is 11.3 Å². The van der Waals surface area contributed by atoms with Gasteiger partial charge in [-0.2, -0.15) is 0 Å². The molecule has 5 nitrogen and oxygen atoms in total. The topological polar surface area (TPSA) is 88.5 Å². The third-order valence-corrected chi connectivity index (χ3v) is 4.66. The van der Waals surface area contributed by atoms with Gasteiger partial charge >= 0.3 is 5.97 Å². The van der Waals surface area contributed by atoms with Crippen LogP contribution >= 0.6 is 0 Å². The van der Waals surface area contributed by atoms with Gasteiger partial charge in [0.25, 0.3) is 0 Å². The summed E-state index contributed by atoms with van der Waals surface area (Å²) < 4.78 is 33.7. The Labute approximate surface area is 108 Å². The molecule has 1 aromatic carbocycles. The molecule has 1 rings (SSSR count). The second-order valence-electron chi connectivity index (χ2n) is 3.87. The highest BCUT2D eigenvalue weighted by molar-refractivity contribution is 7.90. The van der Waals surface area contributed by atoms with Crippen LogP contribution in [0, 0.1) is 0 Å². The van der Waals surface area contributed by atoms with Crippen LogP contribution in [0.5, 0.6) is 0 Å². The minimum atomic E-state index is -3.05. The Morgan fingerprint density at radius 3 is 2.61 bits per heavy atom. The number of carbonyl (C=O) groups is 1. The SMILES string of the molecule is CS(=O)(=O)CCCS(=O)c1cccc(C(=O)O)c1. The van der Waals surface area contributed by atoms with Gasteiger partial charge in [-0.1, -0.05) is 6.07 Å². The summed E-state index contributed by atoms with van der Waals surface area (Å²) in [7, 11) is -4.42. The maximum atomic E-state index is 11.8. The van der Waals surface area contributed by atoms with Crippen molar-refractivity contribution in [3.8, 4) is 0 Å². The maximum Gasteiger partial charge on any atom is 0.335 e. The van der Waals surface area contributed by atoms with Crippen molar-refractivity contribution in [1.29, 1.82) is 0 Å². The molecule has 0 fully saturated rings. The Morgan fingerprint density at radius 2 is 2.06 bits per heavy atom. The van der Waals surface area contributed by atoms with Crippen LogP contribution < -0.4 is 0 Å². The highest BCUT2D eigenvalue weighted by atomic mass is 32.2. The van der Waals surface area contributed by atoms with Crippen LogP contribution in [0.3, 0.4) is 0 Å². The van der Waals surface area contributed by atoms with Crippen LogP contribution in [0.4, 0.5) is 0 Å². The van der Waals surface area contributed by atoms with Crippen molar-refractivity contribution < 1.29 is 22.5 Å². The molecule has 1 unspecified atom stereocenters. The van der Waals surface area contributed by atoms with Crippen molar-refractivity contribution in [3.63, 3.8) is 0 Å². The number of aromatic carboxylic acids is 1. The number of carboxylic acid groups (broad SMARTS) is 1. The minimum absolute atomic E-state index is 0.0165. The van der Waals surface area contributed by atoms with Crippen molar-refractivity contribution in [3.05, 3.63) is 29.8 Å². The molecule has 18 heavy (non-hydrogen) atoms. The zero-order valence-electron chi connectivity index (χ0n) is 9.83. The number of rotatable bonds is 6. The highest BCUT2D eigenvalue weighted by Gasteiger charge is 2.09. The molecule has 0 saturated carbocycles. The smallest absolute Gasteiger partial charge is 0.335 e. The van der Waals surface area contributed by atoms with Crippen molar-refractivity contribution >= 4 is 26.6 Å². The first-order valence-corrected chi connectivity index (χ1v) is 8.57. The second kappa shape index (κ2) is 6.10. The number of sulfone groups is 1. The van der Waals surface area contributed by atoms with E-state index in [2.05, 4.69) is 0 Å². The number of hydrogen-bond donors (Lipinski definition) is 1. The number of carboxylic acids is 1. The van der Waals surface area contributed by atoms with Gasteiger partial charge in [0.2, 0.25) is 0 Å². The van der Waals surface area contributed by atoms with Crippen LogP contribution in [0.1, 0.15) is 16.8 Å². The zero-order chi connectivity index (χ0) is 13.8. The molecule has 0 spiro atoms. The lowest BCUT2D eigenvalue weighted by molar-refractivity contribution is 0.0696. The first kappa shape index (κ1) is 14.8. The fourth-order valence-electron chi connectivity index (χ4n) is 1.34. The van der Waals surface area contributed by atoms with Gasteiger partial charge in [-0.25, -0.2) is 13.2 Å². The van der Waals surface area contributed by atoms with E-state index in [4.69, 9.17) is 5.11 Å². The third-order valence-electron chi connectivity index (χ3n) is 2.19. The molecule has 0 amide bonds. The van der Waals surface area contributed by atoms with E-state index in [1.165, 1.54) is 18.2 Å². The fourth-order valence-corrected chi connectivity index (χ4v) is 3.32. The largest absolute Gasteiger partial charge is 0.478 e. The van der Waals surface area contributed by atoms with Crippen LogP contribution in [-0.4, -0.2) is 41.5 Å². The third kappa shape index (κ3) is 4.97. The molecule has 0 aromatic heterocycles. The molecular formula is C11H14O5S2. The summed E-state index contributed by atoms with van der Waals surface area (Å²) in [5.74, 6) is -0.891. The molecule has 0 saturated heterocycles. The van der Waals surface area contributed by atoms with E-state index in [0.717, 1.165) is 6.26 Å². The lowest BCUT2D eigenvalue weighted by atomic mass is 10.2. The van der Waals surface area contributed by atoms with Gasteiger partial charge in [-0.3, -0.25) is 4.21 Å². The Morgan fingerprint density at radius 1 is 1.39 bits per heavy atom. The van der Waals surface area contributed by atoms with Gasteiger partial charge in [-0.15, -0.1) is 0 Å². The zero-order valence-corrected chi connectivity index (χ0v) is 11.5. The molecule has 0 aliphatic carbocycles. The molecule has 0 aliphatic heterocycles. The van der Waals surface area contributed by atoms with E-state index in [1.54, 1.807) is 6.07 Å². The van der Waals surface area contributed by atoms with E-state index in [1.807, 2.05) is 0 Å². The lowest BCUT2D eigenvalue weighted by Gasteiger charge is -2.03. The van der Waals surface area contributed by atoms with E-state index >= 15 is 0 Å². The quantitative estimate of drug-likeness (QED) is 0.842. The number of benzene rings is 1. The molecule has 0 radical (unpaired) electrons. The first-order chi connectivity index (χ1) is 8.29. The first-order valence-electron chi connectivity index (χ1n) is 5.19.